The highest BCUT2D eigenvalue weighted by Crippen LogP contribution is 2.58. The fourth-order valence-electron chi connectivity index (χ4n) is 9.19. The van der Waals surface area contributed by atoms with Gasteiger partial charge in [0.15, 0.2) is 0 Å². The van der Waals surface area contributed by atoms with Crippen molar-refractivity contribution in [2.45, 2.75) is 99.5 Å². The van der Waals surface area contributed by atoms with E-state index in [-0.39, 0.29) is 98.0 Å². The second-order valence-corrected chi connectivity index (χ2v) is 32.4. The SMILES string of the molecule is [B]C1CN([P+](=O)OCCCCOC2C#CCCCCC2)CC(COP(=O)(N(C)C)N2CC([B])OC(COP(=O)(N(C)C)N3CC([B])OC(COP(=O)(N(C)C)N4CC([B])OC(COP(=O)(N(C)C)N(C)CC(N)=O)C4)C3)C2)O1. The average molecular weight is 1190 g/mol. The normalized spacial score (nSPS) is 30.9. The predicted octanol–water partition coefficient (Wildman–Crippen LogP) is 1.74. The largest absolute Gasteiger partial charge is 0.615 e. The number of carbonyl (C=O) groups excluding carboxylic acids is 1. The van der Waals surface area contributed by atoms with E-state index in [1.807, 2.05) is 0 Å². The number of unbranched alkanes of at least 4 members (excludes halogenated alkanes) is 1. The summed E-state index contributed by atoms with van der Waals surface area (Å²) in [5.41, 5.74) is 5.35. The summed E-state index contributed by atoms with van der Waals surface area (Å²) in [5.74, 6) is 5.69. The van der Waals surface area contributed by atoms with E-state index < -0.39 is 93.2 Å². The van der Waals surface area contributed by atoms with Crippen LogP contribution in [0, 0.1) is 11.8 Å². The number of morpholine rings is 4. The zero-order valence-corrected chi connectivity index (χ0v) is 51.4. The number of amides is 1. The molecule has 14 unspecified atom stereocenters. The van der Waals surface area contributed by atoms with Crippen LogP contribution in [0.15, 0.2) is 0 Å². The third-order valence-electron chi connectivity index (χ3n) is 13.1. The van der Waals surface area contributed by atoms with Crippen molar-refractivity contribution < 1.29 is 73.9 Å². The zero-order valence-electron chi connectivity index (χ0n) is 46.9. The van der Waals surface area contributed by atoms with Crippen LogP contribution in [0.3, 0.4) is 0 Å². The first kappa shape index (κ1) is 68.3. The lowest BCUT2D eigenvalue weighted by Crippen LogP contribution is -2.52. The molecule has 4 saturated heterocycles. The summed E-state index contributed by atoms with van der Waals surface area (Å²) in [5, 5.41) is 0. The number of ether oxygens (including phenoxy) is 5. The van der Waals surface area contributed by atoms with Crippen LogP contribution in [0.1, 0.15) is 44.9 Å². The summed E-state index contributed by atoms with van der Waals surface area (Å²) in [7, 11) is 21.8. The standard InChI is InChI=1S/C43H81B4N10O16P5/c1-49(2)75(60,53(9)29-43(48)58)66-31-36-22-55(26-40(45)71-36)77(62,51(5)6)68-33-38-24-57(28-42(47)73-38)78(63,52(7)8)69-32-37-23-56(27-41(46)72-37)76(61,50(3)4)67-30-35-21-54(25-39(44)70-35)74(59)65-20-16-15-19-64-34-17-13-11-10-12-14-18-34/h34-42H,10-13,15-17,19-33H2,1-9H3,(H-,48,58)/p+1. The lowest BCUT2D eigenvalue weighted by Gasteiger charge is -2.45. The highest BCUT2D eigenvalue weighted by atomic mass is 31.2. The average Bonchev–Trinajstić information content (AvgIpc) is 3.38. The minimum absolute atomic E-state index is 0.00295. The minimum Gasteiger partial charge on any atom is -0.380 e. The molecule has 0 aromatic rings. The first-order valence-corrected chi connectivity index (χ1v) is 33.5. The molecular weight excluding hydrogens is 1110 g/mol. The number of hydrogen-bond donors (Lipinski definition) is 1. The van der Waals surface area contributed by atoms with Gasteiger partial charge in [-0.3, -0.25) is 23.1 Å². The number of nitrogens with two attached hydrogens (primary N) is 1. The van der Waals surface area contributed by atoms with Gasteiger partial charge in [-0.25, -0.2) is 37.4 Å². The van der Waals surface area contributed by atoms with Crippen molar-refractivity contribution >= 4 is 76.2 Å². The van der Waals surface area contributed by atoms with Crippen molar-refractivity contribution in [1.82, 2.24) is 42.0 Å². The van der Waals surface area contributed by atoms with Crippen LogP contribution in [0.5, 0.6) is 0 Å². The molecule has 0 aromatic carbocycles. The maximum absolute atomic E-state index is 15.0. The van der Waals surface area contributed by atoms with Gasteiger partial charge in [-0.1, -0.05) is 17.0 Å². The number of rotatable bonds is 30. The van der Waals surface area contributed by atoms with Gasteiger partial charge in [0.1, 0.15) is 44.1 Å². The molecule has 1 amide bonds. The van der Waals surface area contributed by atoms with Gasteiger partial charge in [0.25, 0.3) is 0 Å². The lowest BCUT2D eigenvalue weighted by atomic mass is 9.98. The summed E-state index contributed by atoms with van der Waals surface area (Å²) >= 11 is 0. The Balaban J connectivity index is 1.15. The van der Waals surface area contributed by atoms with E-state index in [0.29, 0.717) is 13.0 Å². The Morgan fingerprint density at radius 2 is 1.01 bits per heavy atom. The molecule has 5 aliphatic rings. The fourth-order valence-corrected chi connectivity index (χ4v) is 18.0. The first-order chi connectivity index (χ1) is 36.7. The highest BCUT2D eigenvalue weighted by molar-refractivity contribution is 7.54. The van der Waals surface area contributed by atoms with Gasteiger partial charge in [-0.05, 0) is 100 Å². The van der Waals surface area contributed by atoms with Crippen molar-refractivity contribution in [2.24, 2.45) is 5.73 Å². The number of hydrogen-bond acceptors (Lipinski definition) is 16. The molecule has 26 nitrogen and oxygen atoms in total. The Kier molecular flexibility index (Phi) is 27.7. The van der Waals surface area contributed by atoms with Crippen molar-refractivity contribution in [3.05, 3.63) is 0 Å². The van der Waals surface area contributed by atoms with Gasteiger partial charge in [0, 0.05) is 76.3 Å². The molecule has 0 spiro atoms. The molecule has 35 heteroatoms. The predicted molar refractivity (Wildman–Crippen MR) is 298 cm³/mol. The van der Waals surface area contributed by atoms with Crippen molar-refractivity contribution in [3.8, 4) is 11.8 Å². The van der Waals surface area contributed by atoms with E-state index >= 15 is 0 Å². The Morgan fingerprint density at radius 3 is 1.45 bits per heavy atom. The summed E-state index contributed by atoms with van der Waals surface area (Å²) in [6.45, 7) is -0.168. The summed E-state index contributed by atoms with van der Waals surface area (Å²) in [4.78, 5) is 11.6. The van der Waals surface area contributed by atoms with Crippen LogP contribution in [-0.4, -0.2) is 296 Å². The summed E-state index contributed by atoms with van der Waals surface area (Å²) < 4.78 is 145. The Hall–Kier alpha value is -0.450. The number of carbonyl (C=O) groups is 1. The lowest BCUT2D eigenvalue weighted by molar-refractivity contribution is -0.118. The molecule has 4 aliphatic heterocycles. The molecule has 14 atom stereocenters. The van der Waals surface area contributed by atoms with E-state index in [9.17, 15) is 27.6 Å². The molecule has 4 fully saturated rings. The molecular formula is C43H82B4N10O16P5+. The maximum Gasteiger partial charge on any atom is 0.615 e. The van der Waals surface area contributed by atoms with Gasteiger partial charge in [-0.2, -0.15) is 0 Å². The molecule has 0 saturated carbocycles. The molecule has 436 valence electrons. The molecule has 4 heterocycles. The zero-order chi connectivity index (χ0) is 57.6. The minimum atomic E-state index is -3.92. The monoisotopic (exact) mass is 1190 g/mol. The summed E-state index contributed by atoms with van der Waals surface area (Å²) in [6.07, 6.45) is 3.37. The number of nitrogens with zero attached hydrogens (tertiary/aromatic N) is 9. The molecule has 1 aliphatic carbocycles. The van der Waals surface area contributed by atoms with Crippen LogP contribution >= 0.6 is 38.9 Å². The van der Waals surface area contributed by atoms with Crippen LogP contribution in [0.25, 0.3) is 0 Å². The van der Waals surface area contributed by atoms with Gasteiger partial charge in [0.05, 0.1) is 70.5 Å². The van der Waals surface area contributed by atoms with Gasteiger partial charge < -0.3 is 47.5 Å². The smallest absolute Gasteiger partial charge is 0.380 e. The summed E-state index contributed by atoms with van der Waals surface area (Å²) in [6, 6.07) is -3.65. The van der Waals surface area contributed by atoms with E-state index in [1.165, 1.54) is 55.6 Å². The van der Waals surface area contributed by atoms with Crippen LogP contribution < -0.4 is 5.73 Å². The molecule has 5 rings (SSSR count). The van der Waals surface area contributed by atoms with Gasteiger partial charge in [0.2, 0.25) is 5.91 Å². The van der Waals surface area contributed by atoms with E-state index in [2.05, 4.69) is 11.8 Å². The van der Waals surface area contributed by atoms with Crippen molar-refractivity contribution in [2.75, 3.05) is 162 Å². The fraction of sp³-hybridized carbons (Fsp3) is 0.930. The molecule has 2 N–H and O–H groups in total. The molecule has 0 aromatic heterocycles. The van der Waals surface area contributed by atoms with E-state index in [1.54, 1.807) is 56.3 Å². The topological polar surface area (TPSA) is 250 Å². The first-order valence-electron chi connectivity index (χ1n) is 26.2. The van der Waals surface area contributed by atoms with Crippen LogP contribution in [0.4, 0.5) is 0 Å². The second kappa shape index (κ2) is 31.6. The third kappa shape index (κ3) is 19.6. The Morgan fingerprint density at radius 1 is 0.590 bits per heavy atom. The van der Waals surface area contributed by atoms with Crippen molar-refractivity contribution in [1.29, 1.82) is 0 Å². The van der Waals surface area contributed by atoms with Crippen LogP contribution in [0.2, 0.25) is 0 Å². The Labute approximate surface area is 469 Å². The van der Waals surface area contributed by atoms with Gasteiger partial charge >= 0.3 is 38.9 Å². The molecule has 0 bridgehead atoms. The second-order valence-electron chi connectivity index (χ2n) is 20.5. The highest BCUT2D eigenvalue weighted by Gasteiger charge is 2.47. The van der Waals surface area contributed by atoms with E-state index in [0.717, 1.165) is 32.1 Å². The molecule has 8 radical (unpaired) electrons. The Bertz CT molecular complexity index is 2200. The van der Waals surface area contributed by atoms with E-state index in [4.69, 9.17) is 83.4 Å². The number of primary amides is 1. The van der Waals surface area contributed by atoms with Crippen molar-refractivity contribution in [3.63, 3.8) is 0 Å². The third-order valence-corrected chi connectivity index (χ3v) is 24.4. The number of likely N-dealkylation sites (N-methyl/N-ethyl adjacent to an activating group) is 1. The molecule has 78 heavy (non-hydrogen) atoms. The quantitative estimate of drug-likeness (QED) is 0.0466. The van der Waals surface area contributed by atoms with Gasteiger partial charge in [-0.15, -0.1) is 10.4 Å². The van der Waals surface area contributed by atoms with Crippen LogP contribution in [-0.2, 0) is 73.9 Å². The maximum atomic E-state index is 15.0.